The molecule has 112 valence electrons. The van der Waals surface area contributed by atoms with E-state index in [2.05, 4.69) is 18.8 Å². The van der Waals surface area contributed by atoms with Crippen LogP contribution in [0.25, 0.3) is 21.8 Å². The molecule has 0 fully saturated rings. The maximum absolute atomic E-state index is 13.5. The number of carbonyl (C=O) groups excluding carboxylic acids is 1. The topological polar surface area (TPSA) is 44.2 Å². The quantitative estimate of drug-likeness (QED) is 0.606. The van der Waals surface area contributed by atoms with Crippen LogP contribution < -0.4 is 0 Å². The Morgan fingerprint density at radius 1 is 1.27 bits per heavy atom. The van der Waals surface area contributed by atoms with Gasteiger partial charge in [-0.3, -0.25) is 4.79 Å². The van der Waals surface area contributed by atoms with Crippen LogP contribution in [0, 0.1) is 18.2 Å². The molecular formula is C18H17FNO2+. The smallest absolute Gasteiger partial charge is 0.347 e. The van der Waals surface area contributed by atoms with Gasteiger partial charge in [-0.1, -0.05) is 13.8 Å². The molecule has 1 aliphatic carbocycles. The van der Waals surface area contributed by atoms with Gasteiger partial charge in [-0.2, -0.15) is 0 Å². The van der Waals surface area contributed by atoms with Gasteiger partial charge in [0.05, 0.1) is 13.3 Å². The first kappa shape index (κ1) is 13.4. The van der Waals surface area contributed by atoms with E-state index in [1.165, 1.54) is 12.1 Å². The van der Waals surface area contributed by atoms with E-state index in [0.29, 0.717) is 17.5 Å². The molecule has 22 heavy (non-hydrogen) atoms. The highest BCUT2D eigenvalue weighted by Crippen LogP contribution is 2.41. The van der Waals surface area contributed by atoms with Gasteiger partial charge in [0.2, 0.25) is 0 Å². The molecule has 2 aromatic heterocycles. The molecule has 0 saturated heterocycles. The number of ketones is 1. The van der Waals surface area contributed by atoms with Gasteiger partial charge in [-0.15, -0.1) is 0 Å². The number of aryl methyl sites for hydroxylation is 1. The predicted molar refractivity (Wildman–Crippen MR) is 83.6 cm³/mol. The van der Waals surface area contributed by atoms with E-state index in [9.17, 15) is 9.18 Å². The highest BCUT2D eigenvalue weighted by atomic mass is 19.1. The molecule has 0 atom stereocenters. The van der Waals surface area contributed by atoms with Crippen LogP contribution in [0.5, 0.6) is 0 Å². The number of carbonyl (C=O) groups is 1. The first-order valence-electron chi connectivity index (χ1n) is 7.45. The fraction of sp³-hybridized carbons (Fsp3) is 0.333. The Bertz CT molecular complexity index is 953. The number of aromatic nitrogens is 1. The summed E-state index contributed by atoms with van der Waals surface area (Å²) in [6, 6.07) is 4.62. The molecule has 1 N–H and O–H groups in total. The Labute approximate surface area is 127 Å². The van der Waals surface area contributed by atoms with Crippen molar-refractivity contribution in [3.63, 3.8) is 0 Å². The average molecular weight is 298 g/mol. The highest BCUT2D eigenvalue weighted by molar-refractivity contribution is 6.19. The molecule has 1 aliphatic rings. The second-order valence-corrected chi connectivity index (χ2v) is 6.96. The summed E-state index contributed by atoms with van der Waals surface area (Å²) < 4.78 is 19.4. The molecule has 0 unspecified atom stereocenters. The molecule has 3 aromatic rings. The Morgan fingerprint density at radius 3 is 2.82 bits per heavy atom. The number of Topliss-reactive ketones (excluding diaryl/α,β-unsaturated/α-hetero) is 1. The van der Waals surface area contributed by atoms with Gasteiger partial charge < -0.3 is 4.98 Å². The van der Waals surface area contributed by atoms with E-state index >= 15 is 0 Å². The van der Waals surface area contributed by atoms with Crippen molar-refractivity contribution in [2.45, 2.75) is 33.6 Å². The summed E-state index contributed by atoms with van der Waals surface area (Å²) in [5.74, 6) is 1.28. The molecule has 0 amide bonds. The van der Waals surface area contributed by atoms with E-state index in [4.69, 9.17) is 4.42 Å². The lowest BCUT2D eigenvalue weighted by Gasteiger charge is -2.25. The van der Waals surface area contributed by atoms with Crippen LogP contribution in [0.3, 0.4) is 0 Å². The third-order valence-electron chi connectivity index (χ3n) is 4.47. The fourth-order valence-electron chi connectivity index (χ4n) is 3.56. The number of rotatable bonds is 0. The Kier molecular flexibility index (Phi) is 2.54. The second kappa shape index (κ2) is 4.15. The van der Waals surface area contributed by atoms with Crippen LogP contribution in [0.2, 0.25) is 0 Å². The van der Waals surface area contributed by atoms with Crippen LogP contribution in [0.1, 0.15) is 42.1 Å². The van der Waals surface area contributed by atoms with Crippen molar-refractivity contribution in [2.75, 3.05) is 0 Å². The minimum Gasteiger partial charge on any atom is -0.347 e. The number of H-pyrrole nitrogens is 1. The molecule has 0 saturated carbocycles. The van der Waals surface area contributed by atoms with Crippen molar-refractivity contribution in [2.24, 2.45) is 5.41 Å². The third-order valence-corrected chi connectivity index (χ3v) is 4.47. The molecule has 2 heterocycles. The van der Waals surface area contributed by atoms with Crippen molar-refractivity contribution in [1.29, 1.82) is 0 Å². The first-order chi connectivity index (χ1) is 10.4. The zero-order valence-electron chi connectivity index (χ0n) is 12.8. The van der Waals surface area contributed by atoms with Gasteiger partial charge in [0.15, 0.2) is 5.78 Å². The molecule has 0 radical (unpaired) electrons. The van der Waals surface area contributed by atoms with Crippen molar-refractivity contribution >= 4 is 27.6 Å². The van der Waals surface area contributed by atoms with Crippen LogP contribution in [-0.4, -0.2) is 10.8 Å². The Hall–Kier alpha value is -2.23. The largest absolute Gasteiger partial charge is 0.350 e. The van der Waals surface area contributed by atoms with E-state index in [1.54, 1.807) is 6.07 Å². The number of halogens is 1. The van der Waals surface area contributed by atoms with Crippen molar-refractivity contribution < 1.29 is 13.6 Å². The monoisotopic (exact) mass is 298 g/mol. The number of aromatic amines is 1. The minimum atomic E-state index is -0.296. The number of hydrogen-bond donors (Lipinski definition) is 1. The molecule has 0 aliphatic heterocycles. The van der Waals surface area contributed by atoms with Crippen LogP contribution in [-0.2, 0) is 6.42 Å². The summed E-state index contributed by atoms with van der Waals surface area (Å²) in [4.78, 5) is 15.9. The number of nitrogens with one attached hydrogen (secondary N) is 1. The zero-order chi connectivity index (χ0) is 15.6. The lowest BCUT2D eigenvalue weighted by atomic mass is 9.75. The lowest BCUT2D eigenvalue weighted by molar-refractivity contribution is 0.0901. The van der Waals surface area contributed by atoms with Gasteiger partial charge in [0, 0.05) is 22.7 Å². The number of hydrogen-bond acceptors (Lipinski definition) is 1. The molecule has 1 aromatic carbocycles. The van der Waals surface area contributed by atoms with Crippen molar-refractivity contribution in [3.05, 3.63) is 41.1 Å². The van der Waals surface area contributed by atoms with E-state index < -0.39 is 0 Å². The first-order valence-corrected chi connectivity index (χ1v) is 7.45. The highest BCUT2D eigenvalue weighted by Gasteiger charge is 2.41. The standard InChI is InChI=1S/C18H16FNO2/c1-9-17-15(11-5-4-10(19)6-12(11)20-17)16-13(21)7-18(2,3)8-14(16)22-9/h4-6H,7-8H2,1-3H3/p+1. The summed E-state index contributed by atoms with van der Waals surface area (Å²) in [6.45, 7) is 6.03. The number of benzene rings is 1. The van der Waals surface area contributed by atoms with Crippen LogP contribution in [0.4, 0.5) is 4.39 Å². The molecule has 4 rings (SSSR count). The maximum Gasteiger partial charge on any atom is 0.350 e. The van der Waals surface area contributed by atoms with Crippen LogP contribution >= 0.6 is 0 Å². The lowest BCUT2D eigenvalue weighted by Crippen LogP contribution is -2.27. The molecular weight excluding hydrogens is 281 g/mol. The number of fused-ring (bicyclic) bond motifs is 5. The molecule has 0 bridgehead atoms. The normalized spacial score (nSPS) is 17.2. The van der Waals surface area contributed by atoms with E-state index in [-0.39, 0.29) is 17.0 Å². The van der Waals surface area contributed by atoms with Gasteiger partial charge in [0.1, 0.15) is 16.9 Å². The van der Waals surface area contributed by atoms with Crippen molar-refractivity contribution in [1.82, 2.24) is 4.98 Å². The summed E-state index contributed by atoms with van der Waals surface area (Å²) >= 11 is 0. The Balaban J connectivity index is 2.16. The zero-order valence-corrected chi connectivity index (χ0v) is 12.8. The SMILES string of the molecule is Cc1[o+]c2c(c3c1[nH]c1cc(F)ccc13)C(=O)CC(C)(C)C2. The average Bonchev–Trinajstić information content (AvgIpc) is 2.75. The fourth-order valence-corrected chi connectivity index (χ4v) is 3.56. The minimum absolute atomic E-state index is 0.0914. The Morgan fingerprint density at radius 2 is 2.05 bits per heavy atom. The molecule has 0 spiro atoms. The third kappa shape index (κ3) is 1.79. The van der Waals surface area contributed by atoms with Gasteiger partial charge in [-0.05, 0) is 23.6 Å². The molecule has 4 heteroatoms. The van der Waals surface area contributed by atoms with E-state index in [0.717, 1.165) is 34.2 Å². The summed E-state index contributed by atoms with van der Waals surface area (Å²) in [6.07, 6.45) is 1.24. The molecule has 3 nitrogen and oxygen atoms in total. The summed E-state index contributed by atoms with van der Waals surface area (Å²) in [5, 5.41) is 1.74. The van der Waals surface area contributed by atoms with Gasteiger partial charge in [0.25, 0.3) is 0 Å². The van der Waals surface area contributed by atoms with Gasteiger partial charge >= 0.3 is 11.5 Å². The summed E-state index contributed by atoms with van der Waals surface area (Å²) in [7, 11) is 0. The predicted octanol–water partition coefficient (Wildman–Crippen LogP) is 4.80. The maximum atomic E-state index is 13.5. The summed E-state index contributed by atoms with van der Waals surface area (Å²) in [5.41, 5.74) is 2.05. The van der Waals surface area contributed by atoms with Gasteiger partial charge in [-0.25, -0.2) is 8.81 Å². The van der Waals surface area contributed by atoms with E-state index in [1.807, 2.05) is 6.92 Å². The van der Waals surface area contributed by atoms with Crippen LogP contribution in [0.15, 0.2) is 22.6 Å². The second-order valence-electron chi connectivity index (χ2n) is 6.96. The van der Waals surface area contributed by atoms with Crippen molar-refractivity contribution in [3.8, 4) is 0 Å².